The molecule has 0 bridgehead atoms. The molecule has 0 amide bonds. The number of piperazine rings is 1. The van der Waals surface area contributed by atoms with E-state index in [1.807, 2.05) is 0 Å². The minimum atomic E-state index is 0.468. The van der Waals surface area contributed by atoms with Crippen LogP contribution in [0.15, 0.2) is 16.6 Å². The van der Waals surface area contributed by atoms with Crippen LogP contribution in [0.25, 0.3) is 0 Å². The van der Waals surface area contributed by atoms with Gasteiger partial charge in [0.1, 0.15) is 16.0 Å². The van der Waals surface area contributed by atoms with Crippen molar-refractivity contribution in [3.8, 4) is 11.5 Å². The molecule has 1 aliphatic carbocycles. The van der Waals surface area contributed by atoms with Crippen molar-refractivity contribution in [2.24, 2.45) is 5.92 Å². The monoisotopic (exact) mass is 382 g/mol. The number of hydrogen-bond acceptors (Lipinski definition) is 4. The number of ether oxygens (including phenoxy) is 2. The average Bonchev–Trinajstić information content (AvgIpc) is 3.11. The largest absolute Gasteiger partial charge is 0.495 e. The fraction of sp³-hybridized carbons (Fsp3) is 0.667. The number of methoxy groups -OCH3 is 2. The predicted molar refractivity (Wildman–Crippen MR) is 96.4 cm³/mol. The van der Waals surface area contributed by atoms with E-state index in [1.165, 1.54) is 31.2 Å². The Kier molecular flexibility index (Phi) is 5.83. The van der Waals surface area contributed by atoms with E-state index in [0.29, 0.717) is 6.04 Å². The lowest BCUT2D eigenvalue weighted by Crippen LogP contribution is -2.46. The first-order valence-electron chi connectivity index (χ1n) is 8.60. The topological polar surface area (TPSA) is 33.7 Å². The standard InChI is InChI=1S/C18H27BrN2O2/c1-22-15-11-14(12-16(23-2)17(15)19)18(13-5-3-4-6-13)21-9-7-20-8-10-21/h11-13,18,20H,3-10H2,1-2H3/t18-/m1/s1. The Bertz CT molecular complexity index is 501. The first-order valence-corrected chi connectivity index (χ1v) is 9.40. The maximum atomic E-state index is 5.57. The highest BCUT2D eigenvalue weighted by atomic mass is 79.9. The zero-order valence-corrected chi connectivity index (χ0v) is 15.7. The Balaban J connectivity index is 1.97. The Hall–Kier alpha value is -0.780. The predicted octanol–water partition coefficient (Wildman–Crippen LogP) is 3.60. The van der Waals surface area contributed by atoms with E-state index in [2.05, 4.69) is 38.3 Å². The van der Waals surface area contributed by atoms with E-state index < -0.39 is 0 Å². The van der Waals surface area contributed by atoms with Crippen molar-refractivity contribution >= 4 is 15.9 Å². The van der Waals surface area contributed by atoms with Crippen LogP contribution in [0.3, 0.4) is 0 Å². The van der Waals surface area contributed by atoms with Crippen LogP contribution < -0.4 is 14.8 Å². The van der Waals surface area contributed by atoms with Gasteiger partial charge in [0.05, 0.1) is 14.2 Å². The van der Waals surface area contributed by atoms with Gasteiger partial charge in [-0.2, -0.15) is 0 Å². The van der Waals surface area contributed by atoms with Gasteiger partial charge in [-0.1, -0.05) is 12.8 Å². The van der Waals surface area contributed by atoms with Gasteiger partial charge in [-0.05, 0) is 52.4 Å². The lowest BCUT2D eigenvalue weighted by Gasteiger charge is -2.39. The van der Waals surface area contributed by atoms with Gasteiger partial charge in [0.2, 0.25) is 0 Å². The molecule has 0 unspecified atom stereocenters. The van der Waals surface area contributed by atoms with E-state index in [0.717, 1.165) is 48.1 Å². The second kappa shape index (κ2) is 7.86. The molecular formula is C18H27BrN2O2. The third-order valence-electron chi connectivity index (χ3n) is 5.20. The van der Waals surface area contributed by atoms with E-state index in [-0.39, 0.29) is 0 Å². The molecule has 2 aliphatic rings. The van der Waals surface area contributed by atoms with Gasteiger partial charge >= 0.3 is 0 Å². The highest BCUT2D eigenvalue weighted by Gasteiger charge is 2.32. The minimum absolute atomic E-state index is 0.468. The van der Waals surface area contributed by atoms with Gasteiger partial charge in [0.25, 0.3) is 0 Å². The fourth-order valence-corrected chi connectivity index (χ4v) is 4.63. The molecule has 0 spiro atoms. The molecule has 1 heterocycles. The molecule has 1 aromatic carbocycles. The van der Waals surface area contributed by atoms with Crippen LogP contribution in [0.2, 0.25) is 0 Å². The van der Waals surface area contributed by atoms with Crippen molar-refractivity contribution in [1.29, 1.82) is 0 Å². The van der Waals surface area contributed by atoms with Gasteiger partial charge in [0, 0.05) is 32.2 Å². The quantitative estimate of drug-likeness (QED) is 0.843. The average molecular weight is 383 g/mol. The van der Waals surface area contributed by atoms with Gasteiger partial charge in [-0.15, -0.1) is 0 Å². The Labute approximate surface area is 147 Å². The molecule has 3 rings (SSSR count). The molecule has 1 N–H and O–H groups in total. The van der Waals surface area contributed by atoms with Crippen LogP contribution in [0, 0.1) is 5.92 Å². The summed E-state index contributed by atoms with van der Waals surface area (Å²) in [5, 5.41) is 3.47. The molecule has 0 aromatic heterocycles. The summed E-state index contributed by atoms with van der Waals surface area (Å²) in [6, 6.07) is 4.85. The van der Waals surface area contributed by atoms with E-state index in [4.69, 9.17) is 9.47 Å². The smallest absolute Gasteiger partial charge is 0.137 e. The molecular weight excluding hydrogens is 356 g/mol. The van der Waals surface area contributed by atoms with Crippen molar-refractivity contribution in [1.82, 2.24) is 10.2 Å². The van der Waals surface area contributed by atoms with E-state index >= 15 is 0 Å². The van der Waals surface area contributed by atoms with Crippen LogP contribution in [0.5, 0.6) is 11.5 Å². The number of rotatable bonds is 5. The summed E-state index contributed by atoms with van der Waals surface area (Å²) in [6.07, 6.45) is 5.38. The summed E-state index contributed by atoms with van der Waals surface area (Å²) in [7, 11) is 3.44. The van der Waals surface area contributed by atoms with Gasteiger partial charge in [-0.3, -0.25) is 4.90 Å². The summed E-state index contributed by atoms with van der Waals surface area (Å²) in [5.41, 5.74) is 1.33. The van der Waals surface area contributed by atoms with Crippen LogP contribution in [-0.2, 0) is 0 Å². The first-order chi connectivity index (χ1) is 11.2. The summed E-state index contributed by atoms with van der Waals surface area (Å²) in [6.45, 7) is 4.38. The zero-order valence-electron chi connectivity index (χ0n) is 14.1. The second-order valence-electron chi connectivity index (χ2n) is 6.51. The third-order valence-corrected chi connectivity index (χ3v) is 5.98. The first kappa shape index (κ1) is 17.1. The highest BCUT2D eigenvalue weighted by Crippen LogP contribution is 2.44. The van der Waals surface area contributed by atoms with Crippen LogP contribution in [0.1, 0.15) is 37.3 Å². The van der Waals surface area contributed by atoms with Crippen molar-refractivity contribution in [3.05, 3.63) is 22.2 Å². The fourth-order valence-electron chi connectivity index (χ4n) is 4.07. The SMILES string of the molecule is COc1cc([C@@H](C2CCCC2)N2CCNCC2)cc(OC)c1Br. The molecule has 5 heteroatoms. The molecule has 23 heavy (non-hydrogen) atoms. The molecule has 128 valence electrons. The second-order valence-corrected chi connectivity index (χ2v) is 7.31. The van der Waals surface area contributed by atoms with Gasteiger partial charge in [0.15, 0.2) is 0 Å². The normalized spacial score (nSPS) is 21.3. The number of nitrogens with one attached hydrogen (secondary N) is 1. The molecule has 4 nitrogen and oxygen atoms in total. The van der Waals surface area contributed by atoms with E-state index in [9.17, 15) is 0 Å². The summed E-state index contributed by atoms with van der Waals surface area (Å²) < 4.78 is 12.0. The van der Waals surface area contributed by atoms with Gasteiger partial charge in [-0.25, -0.2) is 0 Å². The maximum Gasteiger partial charge on any atom is 0.137 e. The molecule has 1 saturated carbocycles. The summed E-state index contributed by atoms with van der Waals surface area (Å²) >= 11 is 3.59. The third kappa shape index (κ3) is 3.67. The Morgan fingerprint density at radius 2 is 1.65 bits per heavy atom. The van der Waals surface area contributed by atoms with Crippen LogP contribution >= 0.6 is 15.9 Å². The van der Waals surface area contributed by atoms with Crippen LogP contribution in [-0.4, -0.2) is 45.3 Å². The Morgan fingerprint density at radius 1 is 1.09 bits per heavy atom. The van der Waals surface area contributed by atoms with Crippen molar-refractivity contribution < 1.29 is 9.47 Å². The summed E-state index contributed by atoms with van der Waals surface area (Å²) in [5.74, 6) is 2.46. The molecule has 0 radical (unpaired) electrons. The molecule has 1 atom stereocenters. The van der Waals surface area contributed by atoms with Crippen LogP contribution in [0.4, 0.5) is 0 Å². The number of benzene rings is 1. The lowest BCUT2D eigenvalue weighted by molar-refractivity contribution is 0.125. The molecule has 2 fully saturated rings. The molecule has 1 aliphatic heterocycles. The molecule has 1 saturated heterocycles. The summed E-state index contributed by atoms with van der Waals surface area (Å²) in [4.78, 5) is 2.65. The number of halogens is 1. The lowest BCUT2D eigenvalue weighted by atomic mass is 9.89. The zero-order chi connectivity index (χ0) is 16.2. The molecule has 1 aromatic rings. The van der Waals surface area contributed by atoms with Crippen molar-refractivity contribution in [2.45, 2.75) is 31.7 Å². The maximum absolute atomic E-state index is 5.57. The minimum Gasteiger partial charge on any atom is -0.495 e. The van der Waals surface area contributed by atoms with E-state index in [1.54, 1.807) is 14.2 Å². The van der Waals surface area contributed by atoms with Crippen molar-refractivity contribution in [3.63, 3.8) is 0 Å². The number of nitrogens with zero attached hydrogens (tertiary/aromatic N) is 1. The Morgan fingerprint density at radius 3 is 2.17 bits per heavy atom. The number of hydrogen-bond donors (Lipinski definition) is 1. The van der Waals surface area contributed by atoms with Gasteiger partial charge < -0.3 is 14.8 Å². The highest BCUT2D eigenvalue weighted by molar-refractivity contribution is 9.10. The van der Waals surface area contributed by atoms with Crippen molar-refractivity contribution in [2.75, 3.05) is 40.4 Å².